The van der Waals surface area contributed by atoms with Crippen LogP contribution in [-0.4, -0.2) is 11.4 Å². The Morgan fingerprint density at radius 2 is 1.75 bits per heavy atom. The van der Waals surface area contributed by atoms with Gasteiger partial charge >= 0.3 is 0 Å². The summed E-state index contributed by atoms with van der Waals surface area (Å²) in [4.78, 5) is 12.9. The lowest BCUT2D eigenvalue weighted by molar-refractivity contribution is -0.0171. The fourth-order valence-electron chi connectivity index (χ4n) is 6.16. The van der Waals surface area contributed by atoms with Gasteiger partial charge < -0.3 is 14.5 Å². The van der Waals surface area contributed by atoms with Crippen molar-refractivity contribution in [3.63, 3.8) is 0 Å². The van der Waals surface area contributed by atoms with Crippen LogP contribution in [0.5, 0.6) is 5.75 Å². The van der Waals surface area contributed by atoms with Gasteiger partial charge in [0.05, 0.1) is 0 Å². The number of amides is 1. The second-order valence-electron chi connectivity index (χ2n) is 9.48. The number of ether oxygens (including phenoxy) is 1. The van der Waals surface area contributed by atoms with E-state index in [-0.39, 0.29) is 11.4 Å². The van der Waals surface area contributed by atoms with Crippen LogP contribution in [0.1, 0.15) is 66.0 Å². The molecule has 2 aromatic rings. The van der Waals surface area contributed by atoms with E-state index >= 15 is 0 Å². The second-order valence-corrected chi connectivity index (χ2v) is 9.48. The average Bonchev–Trinajstić information content (AvgIpc) is 3.10. The standard InChI is InChI=1S/C24H29NO3/c1-15-3-4-16(2)22(7-15)27-14-20-5-6-21(28-20)23(26)25-24-11-17-8-18(12-24)10-19(9-17)13-24/h3-7,17-19H,8-14H2,1-2H3,(H,25,26). The van der Waals surface area contributed by atoms with Crippen LogP contribution in [0, 0.1) is 31.6 Å². The molecule has 0 atom stereocenters. The van der Waals surface area contributed by atoms with Gasteiger partial charge in [-0.3, -0.25) is 4.79 Å². The Labute approximate surface area is 166 Å². The van der Waals surface area contributed by atoms with E-state index in [1.165, 1.54) is 19.3 Å². The predicted molar refractivity (Wildman–Crippen MR) is 107 cm³/mol. The smallest absolute Gasteiger partial charge is 0.287 e. The minimum Gasteiger partial charge on any atom is -0.485 e. The molecule has 4 aliphatic rings. The quantitative estimate of drug-likeness (QED) is 0.779. The van der Waals surface area contributed by atoms with E-state index in [4.69, 9.17) is 9.15 Å². The summed E-state index contributed by atoms with van der Waals surface area (Å²) in [5, 5.41) is 3.37. The summed E-state index contributed by atoms with van der Waals surface area (Å²) in [7, 11) is 0. The molecule has 1 aromatic carbocycles. The summed E-state index contributed by atoms with van der Waals surface area (Å²) in [5.74, 6) is 4.29. The maximum Gasteiger partial charge on any atom is 0.287 e. The molecule has 4 heteroatoms. The van der Waals surface area contributed by atoms with E-state index in [0.717, 1.165) is 53.9 Å². The lowest BCUT2D eigenvalue weighted by atomic mass is 9.53. The summed E-state index contributed by atoms with van der Waals surface area (Å²) in [6.45, 7) is 4.41. The van der Waals surface area contributed by atoms with Crippen molar-refractivity contribution in [3.05, 3.63) is 53.0 Å². The van der Waals surface area contributed by atoms with Gasteiger partial charge in [0.25, 0.3) is 5.91 Å². The third kappa shape index (κ3) is 3.34. The molecule has 1 N–H and O–H groups in total. The summed E-state index contributed by atoms with van der Waals surface area (Å²) < 4.78 is 11.7. The van der Waals surface area contributed by atoms with E-state index in [1.54, 1.807) is 6.07 Å². The van der Waals surface area contributed by atoms with Crippen LogP contribution in [0.25, 0.3) is 0 Å². The largest absolute Gasteiger partial charge is 0.485 e. The Hall–Kier alpha value is -2.23. The molecule has 0 aliphatic heterocycles. The number of aryl methyl sites for hydroxylation is 2. The molecule has 4 nitrogen and oxygen atoms in total. The highest BCUT2D eigenvalue weighted by Crippen LogP contribution is 2.55. The van der Waals surface area contributed by atoms with Crippen molar-refractivity contribution in [3.8, 4) is 5.75 Å². The Kier molecular flexibility index (Phi) is 4.26. The molecule has 6 rings (SSSR count). The highest BCUT2D eigenvalue weighted by molar-refractivity contribution is 5.92. The number of carbonyl (C=O) groups excluding carboxylic acids is 1. The number of rotatable bonds is 5. The van der Waals surface area contributed by atoms with E-state index in [2.05, 4.69) is 17.4 Å². The Bertz CT molecular complexity index is 862. The lowest BCUT2D eigenvalue weighted by Gasteiger charge is -2.56. The predicted octanol–water partition coefficient (Wildman–Crippen LogP) is 5.17. The van der Waals surface area contributed by atoms with Gasteiger partial charge in [-0.2, -0.15) is 0 Å². The topological polar surface area (TPSA) is 51.5 Å². The van der Waals surface area contributed by atoms with E-state index in [9.17, 15) is 4.79 Å². The summed E-state index contributed by atoms with van der Waals surface area (Å²) in [6, 6.07) is 9.77. The van der Waals surface area contributed by atoms with Crippen LogP contribution in [0.4, 0.5) is 0 Å². The fourth-order valence-corrected chi connectivity index (χ4v) is 6.16. The molecule has 28 heavy (non-hydrogen) atoms. The minimum absolute atomic E-state index is 0.00790. The third-order valence-corrected chi connectivity index (χ3v) is 7.02. The molecule has 1 heterocycles. The van der Waals surface area contributed by atoms with Gasteiger partial charge in [-0.25, -0.2) is 0 Å². The van der Waals surface area contributed by atoms with Gasteiger partial charge in [0.15, 0.2) is 5.76 Å². The molecule has 0 radical (unpaired) electrons. The SMILES string of the molecule is Cc1ccc(C)c(OCc2ccc(C(=O)NC34CC5CC(CC(C5)C3)C4)o2)c1. The molecule has 1 amide bonds. The molecule has 0 saturated heterocycles. The summed E-state index contributed by atoms with van der Waals surface area (Å²) in [5.41, 5.74) is 2.26. The van der Waals surface area contributed by atoms with Crippen molar-refractivity contribution in [2.45, 2.75) is 64.5 Å². The normalized spacial score (nSPS) is 30.4. The molecular weight excluding hydrogens is 350 g/mol. The van der Waals surface area contributed by atoms with Crippen LogP contribution in [0.3, 0.4) is 0 Å². The molecule has 0 unspecified atom stereocenters. The van der Waals surface area contributed by atoms with Crippen molar-refractivity contribution in [1.29, 1.82) is 0 Å². The van der Waals surface area contributed by atoms with Crippen LogP contribution in [0.2, 0.25) is 0 Å². The zero-order chi connectivity index (χ0) is 19.3. The molecular formula is C24H29NO3. The lowest BCUT2D eigenvalue weighted by Crippen LogP contribution is -2.59. The molecule has 4 saturated carbocycles. The zero-order valence-electron chi connectivity index (χ0n) is 16.8. The van der Waals surface area contributed by atoms with E-state index in [0.29, 0.717) is 18.1 Å². The highest BCUT2D eigenvalue weighted by Gasteiger charge is 2.51. The van der Waals surface area contributed by atoms with Crippen molar-refractivity contribution < 1.29 is 13.9 Å². The van der Waals surface area contributed by atoms with Gasteiger partial charge in [0, 0.05) is 5.54 Å². The second kappa shape index (κ2) is 6.68. The highest BCUT2D eigenvalue weighted by atomic mass is 16.5. The number of hydrogen-bond acceptors (Lipinski definition) is 3. The van der Waals surface area contributed by atoms with Crippen molar-refractivity contribution in [2.24, 2.45) is 17.8 Å². The Morgan fingerprint density at radius 1 is 1.07 bits per heavy atom. The number of hydrogen-bond donors (Lipinski definition) is 1. The van der Waals surface area contributed by atoms with E-state index < -0.39 is 0 Å². The van der Waals surface area contributed by atoms with Gasteiger partial charge in [0.2, 0.25) is 0 Å². The maximum absolute atomic E-state index is 12.9. The van der Waals surface area contributed by atoms with Crippen molar-refractivity contribution in [1.82, 2.24) is 5.32 Å². The van der Waals surface area contributed by atoms with Crippen molar-refractivity contribution >= 4 is 5.91 Å². The average molecular weight is 380 g/mol. The summed E-state index contributed by atoms with van der Waals surface area (Å²) >= 11 is 0. The number of furan rings is 1. The molecule has 148 valence electrons. The van der Waals surface area contributed by atoms with Crippen LogP contribution in [-0.2, 0) is 6.61 Å². The first-order valence-electron chi connectivity index (χ1n) is 10.6. The Balaban J connectivity index is 1.23. The first-order valence-corrected chi connectivity index (χ1v) is 10.6. The van der Waals surface area contributed by atoms with Crippen LogP contribution < -0.4 is 10.1 Å². The maximum atomic E-state index is 12.9. The van der Waals surface area contributed by atoms with Gasteiger partial charge in [0.1, 0.15) is 18.1 Å². The molecule has 0 spiro atoms. The van der Waals surface area contributed by atoms with Crippen LogP contribution in [0.15, 0.2) is 34.7 Å². The zero-order valence-corrected chi connectivity index (χ0v) is 16.8. The van der Waals surface area contributed by atoms with E-state index in [1.807, 2.05) is 26.0 Å². The first kappa shape index (κ1) is 17.8. The summed E-state index contributed by atoms with van der Waals surface area (Å²) in [6.07, 6.45) is 7.55. The number of carbonyl (C=O) groups is 1. The fraction of sp³-hybridized carbons (Fsp3) is 0.542. The van der Waals surface area contributed by atoms with Crippen molar-refractivity contribution in [2.75, 3.05) is 0 Å². The number of benzene rings is 1. The number of nitrogens with one attached hydrogen (secondary N) is 1. The molecule has 4 fully saturated rings. The minimum atomic E-state index is -0.0695. The van der Waals surface area contributed by atoms with Gasteiger partial charge in [-0.1, -0.05) is 12.1 Å². The molecule has 1 aromatic heterocycles. The monoisotopic (exact) mass is 379 g/mol. The Morgan fingerprint density at radius 3 is 2.43 bits per heavy atom. The van der Waals surface area contributed by atoms with Crippen LogP contribution >= 0.6 is 0 Å². The molecule has 4 aliphatic carbocycles. The van der Waals surface area contributed by atoms with Gasteiger partial charge in [-0.05, 0) is 99.5 Å². The first-order chi connectivity index (χ1) is 13.5. The third-order valence-electron chi connectivity index (χ3n) is 7.02. The molecule has 4 bridgehead atoms. The van der Waals surface area contributed by atoms with Gasteiger partial charge in [-0.15, -0.1) is 0 Å².